The van der Waals surface area contributed by atoms with Crippen LogP contribution in [0.25, 0.3) is 0 Å². The molecule has 0 bridgehead atoms. The molecule has 1 aromatic carbocycles. The zero-order valence-electron chi connectivity index (χ0n) is 12.0. The lowest BCUT2D eigenvalue weighted by atomic mass is 10.1. The Balaban J connectivity index is 3.14. The fourth-order valence-electron chi connectivity index (χ4n) is 2.03. The van der Waals surface area contributed by atoms with Gasteiger partial charge in [0.25, 0.3) is 0 Å². The molecule has 0 spiro atoms. The highest BCUT2D eigenvalue weighted by Crippen LogP contribution is 2.26. The van der Waals surface area contributed by atoms with Crippen molar-refractivity contribution < 1.29 is 9.53 Å². The molecule has 1 unspecified atom stereocenters. The van der Waals surface area contributed by atoms with Crippen LogP contribution in [0.15, 0.2) is 18.2 Å². The third kappa shape index (κ3) is 3.80. The van der Waals surface area contributed by atoms with E-state index >= 15 is 0 Å². The Morgan fingerprint density at radius 1 is 1.53 bits per heavy atom. The van der Waals surface area contributed by atoms with E-state index in [1.807, 2.05) is 19.2 Å². The van der Waals surface area contributed by atoms with Gasteiger partial charge >= 0.3 is 5.97 Å². The monoisotopic (exact) mass is 282 g/mol. The first-order valence-electron chi connectivity index (χ1n) is 6.24. The number of methoxy groups -OCH3 is 1. The second kappa shape index (κ2) is 7.28. The third-order valence-electron chi connectivity index (χ3n) is 3.18. The molecule has 0 saturated carbocycles. The predicted molar refractivity (Wildman–Crippen MR) is 83.1 cm³/mol. The average Bonchev–Trinajstić information content (AvgIpc) is 2.43. The van der Waals surface area contributed by atoms with Crippen LogP contribution < -0.4 is 10.6 Å². The van der Waals surface area contributed by atoms with E-state index in [1.165, 1.54) is 7.11 Å². The van der Waals surface area contributed by atoms with Crippen LogP contribution in [0.3, 0.4) is 0 Å². The number of carbonyl (C=O) groups is 1. The number of hydrogen-bond donors (Lipinski definition) is 1. The Morgan fingerprint density at radius 2 is 2.21 bits per heavy atom. The van der Waals surface area contributed by atoms with Gasteiger partial charge in [-0.2, -0.15) is 11.8 Å². The molecule has 0 aliphatic heterocycles. The standard InChI is InChI=1S/C14H22N2O2S/c1-5-11(9-19-4)16(2)13-7-6-10(15)8-12(13)14(17)18-3/h6-8,11H,5,9,15H2,1-4H3. The highest BCUT2D eigenvalue weighted by molar-refractivity contribution is 7.98. The van der Waals surface area contributed by atoms with Gasteiger partial charge in [0.05, 0.1) is 18.4 Å². The molecule has 5 heteroatoms. The van der Waals surface area contributed by atoms with E-state index in [4.69, 9.17) is 10.5 Å². The van der Waals surface area contributed by atoms with Crippen LogP contribution in [-0.4, -0.2) is 38.2 Å². The molecule has 1 atom stereocenters. The Bertz CT molecular complexity index is 437. The molecule has 0 aliphatic carbocycles. The summed E-state index contributed by atoms with van der Waals surface area (Å²) in [5.41, 5.74) is 7.70. The first-order chi connectivity index (χ1) is 9.04. The van der Waals surface area contributed by atoms with E-state index < -0.39 is 0 Å². The number of nitrogens with two attached hydrogens (primary N) is 1. The Morgan fingerprint density at radius 3 is 2.74 bits per heavy atom. The number of ether oxygens (including phenoxy) is 1. The van der Waals surface area contributed by atoms with Crippen LogP contribution in [0.4, 0.5) is 11.4 Å². The Kier molecular flexibility index (Phi) is 6.02. The first kappa shape index (κ1) is 15.7. The van der Waals surface area contributed by atoms with Gasteiger partial charge in [-0.25, -0.2) is 4.79 Å². The van der Waals surface area contributed by atoms with Crippen molar-refractivity contribution >= 4 is 29.1 Å². The Hall–Kier alpha value is -1.36. The molecule has 0 radical (unpaired) electrons. The number of rotatable bonds is 6. The largest absolute Gasteiger partial charge is 0.465 e. The van der Waals surface area contributed by atoms with Gasteiger partial charge in [-0.1, -0.05) is 6.92 Å². The fraction of sp³-hybridized carbons (Fsp3) is 0.500. The van der Waals surface area contributed by atoms with Crippen molar-refractivity contribution in [2.45, 2.75) is 19.4 Å². The number of anilines is 2. The van der Waals surface area contributed by atoms with E-state index in [0.717, 1.165) is 17.9 Å². The van der Waals surface area contributed by atoms with E-state index in [1.54, 1.807) is 17.8 Å². The molecule has 0 saturated heterocycles. The summed E-state index contributed by atoms with van der Waals surface area (Å²) in [5, 5.41) is 0. The molecule has 1 rings (SSSR count). The van der Waals surface area contributed by atoms with Crippen LogP contribution in [0.5, 0.6) is 0 Å². The fourth-order valence-corrected chi connectivity index (χ4v) is 2.87. The van der Waals surface area contributed by atoms with E-state index in [0.29, 0.717) is 17.3 Å². The minimum atomic E-state index is -0.354. The lowest BCUT2D eigenvalue weighted by Crippen LogP contribution is -2.34. The zero-order chi connectivity index (χ0) is 14.4. The van der Waals surface area contributed by atoms with Crippen LogP contribution in [-0.2, 0) is 4.74 Å². The number of esters is 1. The minimum Gasteiger partial charge on any atom is -0.465 e. The third-order valence-corrected chi connectivity index (χ3v) is 3.90. The first-order valence-corrected chi connectivity index (χ1v) is 7.64. The van der Waals surface area contributed by atoms with Gasteiger partial charge in [-0.3, -0.25) is 0 Å². The van der Waals surface area contributed by atoms with Crippen molar-refractivity contribution in [1.29, 1.82) is 0 Å². The number of nitrogen functional groups attached to an aromatic ring is 1. The van der Waals surface area contributed by atoms with Crippen molar-refractivity contribution in [3.63, 3.8) is 0 Å². The second-order valence-electron chi connectivity index (χ2n) is 4.40. The number of carbonyl (C=O) groups excluding carboxylic acids is 1. The lowest BCUT2D eigenvalue weighted by molar-refractivity contribution is 0.0601. The lowest BCUT2D eigenvalue weighted by Gasteiger charge is -2.30. The summed E-state index contributed by atoms with van der Waals surface area (Å²) in [6.45, 7) is 2.15. The van der Waals surface area contributed by atoms with Crippen LogP contribution >= 0.6 is 11.8 Å². The van der Waals surface area contributed by atoms with Crippen LogP contribution in [0, 0.1) is 0 Å². The molecule has 4 nitrogen and oxygen atoms in total. The summed E-state index contributed by atoms with van der Waals surface area (Å²) in [6.07, 6.45) is 3.10. The second-order valence-corrected chi connectivity index (χ2v) is 5.31. The van der Waals surface area contributed by atoms with E-state index in [9.17, 15) is 4.79 Å². The minimum absolute atomic E-state index is 0.354. The van der Waals surface area contributed by atoms with Gasteiger partial charge in [0.2, 0.25) is 0 Å². The molecule has 0 amide bonds. The smallest absolute Gasteiger partial charge is 0.340 e. The van der Waals surface area contributed by atoms with Gasteiger partial charge < -0.3 is 15.4 Å². The maximum atomic E-state index is 11.9. The summed E-state index contributed by atoms with van der Waals surface area (Å²) < 4.78 is 4.83. The number of thioether (sulfide) groups is 1. The maximum absolute atomic E-state index is 11.9. The van der Waals surface area contributed by atoms with Gasteiger partial charge in [-0.15, -0.1) is 0 Å². The summed E-state index contributed by atoms with van der Waals surface area (Å²) in [7, 11) is 3.39. The van der Waals surface area contributed by atoms with Crippen molar-refractivity contribution in [2.24, 2.45) is 0 Å². The summed E-state index contributed by atoms with van der Waals surface area (Å²) in [5.74, 6) is 0.658. The summed E-state index contributed by atoms with van der Waals surface area (Å²) in [6, 6.07) is 5.74. The molecule has 1 aromatic rings. The van der Waals surface area contributed by atoms with Crippen LogP contribution in [0.2, 0.25) is 0 Å². The molecule has 106 valence electrons. The quantitative estimate of drug-likeness (QED) is 0.642. The van der Waals surface area contributed by atoms with Gasteiger partial charge in [0.1, 0.15) is 0 Å². The van der Waals surface area contributed by atoms with Crippen molar-refractivity contribution in [3.05, 3.63) is 23.8 Å². The van der Waals surface area contributed by atoms with Crippen LogP contribution in [0.1, 0.15) is 23.7 Å². The van der Waals surface area contributed by atoms with E-state index in [-0.39, 0.29) is 5.97 Å². The summed E-state index contributed by atoms with van der Waals surface area (Å²) >= 11 is 1.80. The van der Waals surface area contributed by atoms with Crippen molar-refractivity contribution in [2.75, 3.05) is 36.8 Å². The number of benzene rings is 1. The molecular weight excluding hydrogens is 260 g/mol. The molecular formula is C14H22N2O2S. The van der Waals surface area contributed by atoms with Gasteiger partial charge in [-0.05, 0) is 30.9 Å². The molecule has 2 N–H and O–H groups in total. The van der Waals surface area contributed by atoms with Crippen molar-refractivity contribution in [3.8, 4) is 0 Å². The van der Waals surface area contributed by atoms with Crippen molar-refractivity contribution in [1.82, 2.24) is 0 Å². The van der Waals surface area contributed by atoms with Gasteiger partial charge in [0, 0.05) is 24.5 Å². The van der Waals surface area contributed by atoms with Gasteiger partial charge in [0.15, 0.2) is 0 Å². The molecule has 19 heavy (non-hydrogen) atoms. The Labute approximate surface area is 119 Å². The highest BCUT2D eigenvalue weighted by atomic mass is 32.2. The normalized spacial score (nSPS) is 12.0. The zero-order valence-corrected chi connectivity index (χ0v) is 12.8. The van der Waals surface area contributed by atoms with E-state index in [2.05, 4.69) is 18.1 Å². The number of hydrogen-bond acceptors (Lipinski definition) is 5. The maximum Gasteiger partial charge on any atom is 0.340 e. The average molecular weight is 282 g/mol. The highest BCUT2D eigenvalue weighted by Gasteiger charge is 2.20. The molecule has 0 fully saturated rings. The number of nitrogens with zero attached hydrogens (tertiary/aromatic N) is 1. The predicted octanol–water partition coefficient (Wildman–Crippen LogP) is 2.63. The molecule has 0 aliphatic rings. The molecule has 0 heterocycles. The summed E-state index contributed by atoms with van der Waals surface area (Å²) in [4.78, 5) is 14.0. The topological polar surface area (TPSA) is 55.6 Å². The molecule has 0 aromatic heterocycles. The SMILES string of the molecule is CCC(CSC)N(C)c1ccc(N)cc1C(=O)OC.